The van der Waals surface area contributed by atoms with Gasteiger partial charge in [-0.1, -0.05) is 12.1 Å². The summed E-state index contributed by atoms with van der Waals surface area (Å²) in [5.41, 5.74) is 3.61. The van der Waals surface area contributed by atoms with Crippen molar-refractivity contribution >= 4 is 23.1 Å². The number of para-hydroxylation sites is 1. The molecule has 1 aromatic carbocycles. The molecule has 2 aromatic heterocycles. The first kappa shape index (κ1) is 23.0. The smallest absolute Gasteiger partial charge is 0.337 e. The van der Waals surface area contributed by atoms with Crippen LogP contribution in [-0.2, 0) is 0 Å². The summed E-state index contributed by atoms with van der Waals surface area (Å²) in [4.78, 5) is 32.6. The van der Waals surface area contributed by atoms with E-state index >= 15 is 0 Å². The Balaban J connectivity index is 1.40. The number of aromatic carboxylic acids is 1. The van der Waals surface area contributed by atoms with Crippen LogP contribution in [0, 0.1) is 37.5 Å². The van der Waals surface area contributed by atoms with E-state index in [0.717, 1.165) is 42.9 Å². The molecule has 2 aliphatic carbocycles. The van der Waals surface area contributed by atoms with Gasteiger partial charge in [0.25, 0.3) is 5.56 Å². The molecular weight excluding hydrogens is 456 g/mol. The first-order valence-corrected chi connectivity index (χ1v) is 12.8. The minimum Gasteiger partial charge on any atom is -0.478 e. The highest BCUT2D eigenvalue weighted by Gasteiger charge is 2.57. The highest BCUT2D eigenvalue weighted by atomic mass is 16.4. The number of carboxylic acid groups (broad SMARTS) is 1. The van der Waals surface area contributed by atoms with Crippen LogP contribution >= 0.6 is 0 Å². The highest BCUT2D eigenvalue weighted by molar-refractivity contribution is 5.94. The third-order valence-corrected chi connectivity index (χ3v) is 8.81. The quantitative estimate of drug-likeness (QED) is 0.503. The average molecular weight is 489 g/mol. The van der Waals surface area contributed by atoms with Gasteiger partial charge in [-0.05, 0) is 81.0 Å². The summed E-state index contributed by atoms with van der Waals surface area (Å²) >= 11 is 0. The van der Waals surface area contributed by atoms with Crippen molar-refractivity contribution in [2.45, 2.75) is 45.8 Å². The zero-order valence-corrected chi connectivity index (χ0v) is 20.8. The molecule has 0 spiro atoms. The number of hydrogen-bond acceptors (Lipinski definition) is 6. The number of fused-ring (bicyclic) bond motifs is 6. The predicted molar refractivity (Wildman–Crippen MR) is 138 cm³/mol. The molecule has 0 radical (unpaired) electrons. The van der Waals surface area contributed by atoms with Crippen LogP contribution in [-0.4, -0.2) is 44.8 Å². The van der Waals surface area contributed by atoms with Crippen LogP contribution in [0.1, 0.15) is 52.9 Å². The SMILES string of the molecule is Cc1cc([C@@H](C)Nc2ccccc2C(=O)O)c2nc(N3CC4C5CCC(C5O)C4C3)c(C)c(=O)n2c1. The second-order valence-electron chi connectivity index (χ2n) is 10.9. The van der Waals surface area contributed by atoms with E-state index in [0.29, 0.717) is 40.6 Å². The molecular formula is C28H32N4O4. The number of pyridine rings is 1. The standard InChI is InChI=1S/C28H32N4O4/c1-14-10-20(16(3)29-23-7-5-4-6-19(23)28(35)36)26-30-25(15(2)27(34)32(26)11-14)31-12-21-17-8-9-18(24(17)33)22(21)13-31/h4-7,10-11,16-18,21-22,24,29,33H,8-9,12-13H2,1-3H3,(H,35,36)/t16-,17?,18?,21?,22?,24?/m1/s1. The molecule has 6 rings (SSSR count). The van der Waals surface area contributed by atoms with Gasteiger partial charge in [-0.2, -0.15) is 0 Å². The van der Waals surface area contributed by atoms with E-state index in [1.807, 2.05) is 33.0 Å². The molecule has 2 bridgehead atoms. The van der Waals surface area contributed by atoms with Crippen LogP contribution in [0.4, 0.5) is 11.5 Å². The summed E-state index contributed by atoms with van der Waals surface area (Å²) < 4.78 is 1.62. The maximum atomic E-state index is 13.5. The van der Waals surface area contributed by atoms with E-state index in [2.05, 4.69) is 10.2 Å². The van der Waals surface area contributed by atoms with Crippen LogP contribution in [0.5, 0.6) is 0 Å². The summed E-state index contributed by atoms with van der Waals surface area (Å²) in [7, 11) is 0. The Hall–Kier alpha value is -3.39. The predicted octanol–water partition coefficient (Wildman–Crippen LogP) is 3.64. The number of benzene rings is 1. The van der Waals surface area contributed by atoms with Crippen molar-refractivity contribution in [3.05, 3.63) is 69.1 Å². The molecule has 5 atom stereocenters. The van der Waals surface area contributed by atoms with Crippen molar-refractivity contribution in [1.29, 1.82) is 0 Å². The second-order valence-corrected chi connectivity index (χ2v) is 10.9. The van der Waals surface area contributed by atoms with Crippen LogP contribution in [0.15, 0.2) is 41.3 Å². The maximum Gasteiger partial charge on any atom is 0.337 e. The summed E-state index contributed by atoms with van der Waals surface area (Å²) in [6.45, 7) is 7.40. The van der Waals surface area contributed by atoms with E-state index in [1.54, 1.807) is 28.7 Å². The Labute approximate surface area is 209 Å². The fraction of sp³-hybridized carbons (Fsp3) is 0.464. The van der Waals surface area contributed by atoms with Gasteiger partial charge in [0, 0.05) is 30.5 Å². The third-order valence-electron chi connectivity index (χ3n) is 8.81. The van der Waals surface area contributed by atoms with E-state index < -0.39 is 5.97 Å². The van der Waals surface area contributed by atoms with Crippen molar-refractivity contribution in [2.24, 2.45) is 23.7 Å². The number of aliphatic hydroxyl groups excluding tert-OH is 1. The molecule has 3 fully saturated rings. The Kier molecular flexibility index (Phi) is 5.33. The minimum absolute atomic E-state index is 0.0850. The lowest BCUT2D eigenvalue weighted by Gasteiger charge is -2.25. The van der Waals surface area contributed by atoms with Crippen molar-refractivity contribution in [3.63, 3.8) is 0 Å². The zero-order valence-electron chi connectivity index (χ0n) is 20.8. The number of rotatable bonds is 5. The number of anilines is 2. The second kappa shape index (κ2) is 8.34. The summed E-state index contributed by atoms with van der Waals surface area (Å²) in [6.07, 6.45) is 3.84. The highest BCUT2D eigenvalue weighted by Crippen LogP contribution is 2.55. The van der Waals surface area contributed by atoms with Gasteiger partial charge in [0.05, 0.1) is 23.3 Å². The van der Waals surface area contributed by atoms with Gasteiger partial charge in [0.15, 0.2) is 0 Å². The largest absolute Gasteiger partial charge is 0.478 e. The van der Waals surface area contributed by atoms with Crippen molar-refractivity contribution in [3.8, 4) is 0 Å². The van der Waals surface area contributed by atoms with Crippen molar-refractivity contribution in [2.75, 3.05) is 23.3 Å². The molecule has 4 unspecified atom stereocenters. The topological polar surface area (TPSA) is 107 Å². The summed E-state index contributed by atoms with van der Waals surface area (Å²) in [6, 6.07) is 8.55. The van der Waals surface area contributed by atoms with Crippen molar-refractivity contribution < 1.29 is 15.0 Å². The molecule has 36 heavy (non-hydrogen) atoms. The van der Waals surface area contributed by atoms with Gasteiger partial charge in [-0.25, -0.2) is 9.78 Å². The fourth-order valence-electron chi connectivity index (χ4n) is 7.13. The molecule has 1 saturated heterocycles. The lowest BCUT2D eigenvalue weighted by molar-refractivity contribution is 0.0698. The molecule has 3 N–H and O–H groups in total. The minimum atomic E-state index is -0.995. The van der Waals surface area contributed by atoms with Gasteiger partial charge in [0.2, 0.25) is 0 Å². The normalized spacial score (nSPS) is 27.4. The van der Waals surface area contributed by atoms with Crippen LogP contribution in [0.25, 0.3) is 5.65 Å². The van der Waals surface area contributed by atoms with Crippen LogP contribution in [0.2, 0.25) is 0 Å². The van der Waals surface area contributed by atoms with Gasteiger partial charge in [0.1, 0.15) is 11.5 Å². The molecule has 3 aromatic rings. The Morgan fingerprint density at radius 1 is 1.11 bits per heavy atom. The first-order valence-electron chi connectivity index (χ1n) is 12.8. The number of hydrogen-bond donors (Lipinski definition) is 3. The van der Waals surface area contributed by atoms with Crippen LogP contribution < -0.4 is 15.8 Å². The number of carbonyl (C=O) groups is 1. The molecule has 8 heteroatoms. The molecule has 8 nitrogen and oxygen atoms in total. The Morgan fingerprint density at radius 2 is 1.78 bits per heavy atom. The average Bonchev–Trinajstić information content (AvgIpc) is 3.51. The lowest BCUT2D eigenvalue weighted by atomic mass is 9.82. The van der Waals surface area contributed by atoms with Crippen molar-refractivity contribution in [1.82, 2.24) is 9.38 Å². The fourth-order valence-corrected chi connectivity index (χ4v) is 7.13. The third kappa shape index (κ3) is 3.42. The number of nitrogens with zero attached hydrogens (tertiary/aromatic N) is 3. The lowest BCUT2D eigenvalue weighted by Crippen LogP contribution is -2.31. The van der Waals surface area contributed by atoms with Crippen LogP contribution in [0.3, 0.4) is 0 Å². The van der Waals surface area contributed by atoms with E-state index in [4.69, 9.17) is 4.98 Å². The number of aromatic nitrogens is 2. The molecule has 1 aliphatic heterocycles. The number of aliphatic hydroxyl groups is 1. The molecule has 188 valence electrons. The van der Waals surface area contributed by atoms with E-state index in [-0.39, 0.29) is 23.3 Å². The van der Waals surface area contributed by atoms with Gasteiger partial charge in [-0.3, -0.25) is 9.20 Å². The maximum absolute atomic E-state index is 13.5. The zero-order chi connectivity index (χ0) is 25.3. The monoisotopic (exact) mass is 488 g/mol. The summed E-state index contributed by atoms with van der Waals surface area (Å²) in [5.74, 6) is 1.39. The molecule has 3 aliphatic rings. The Morgan fingerprint density at radius 3 is 2.44 bits per heavy atom. The van der Waals surface area contributed by atoms with E-state index in [1.165, 1.54) is 0 Å². The van der Waals surface area contributed by atoms with E-state index in [9.17, 15) is 19.8 Å². The Bertz CT molecular complexity index is 1410. The molecule has 2 saturated carbocycles. The summed E-state index contributed by atoms with van der Waals surface area (Å²) in [5, 5.41) is 23.5. The number of nitrogens with one attached hydrogen (secondary N) is 1. The first-order chi connectivity index (χ1) is 17.2. The van der Waals surface area contributed by atoms with Gasteiger partial charge >= 0.3 is 5.97 Å². The molecule has 3 heterocycles. The van der Waals surface area contributed by atoms with Gasteiger partial charge in [-0.15, -0.1) is 0 Å². The van der Waals surface area contributed by atoms with Gasteiger partial charge < -0.3 is 20.4 Å². The number of aryl methyl sites for hydroxylation is 1. The molecule has 0 amide bonds. The number of carboxylic acids is 1.